The van der Waals surface area contributed by atoms with E-state index >= 15 is 0 Å². The number of rotatable bonds is 16. The van der Waals surface area contributed by atoms with Gasteiger partial charge in [-0.15, -0.1) is 0 Å². The van der Waals surface area contributed by atoms with Crippen molar-refractivity contribution in [3.05, 3.63) is 175 Å². The third kappa shape index (κ3) is 10.4. The van der Waals surface area contributed by atoms with Gasteiger partial charge in [-0.3, -0.25) is 53.3 Å². The number of nitrogens with zero attached hydrogens (tertiary/aromatic N) is 2. The molecule has 3 aliphatic heterocycles. The van der Waals surface area contributed by atoms with Crippen LogP contribution in [-0.2, 0) is 62.4 Å². The van der Waals surface area contributed by atoms with Crippen LogP contribution in [0.1, 0.15) is 18.9 Å². The fourth-order valence-electron chi connectivity index (χ4n) is 9.74. The third-order valence-electron chi connectivity index (χ3n) is 14.8. The number of benzene rings is 8. The SMILES string of the molecule is CNc1ccc(Oc2cc(Oc3ccc(NC(=O)C(COO)(C(C)=O)C(=O)O)cc3)cc3ccccc23)cc1.Cc1ccc(Oc2cc(Oc3ccc(N4C(=O)C5(C(=O)N(C)C5=O)C4=O)cc3)cc3ccccc23)cc1.O=C1CC(=O)C12C(=O)OC2=O. The van der Waals surface area contributed by atoms with Crippen molar-refractivity contribution in [1.29, 1.82) is 0 Å². The summed E-state index contributed by atoms with van der Waals surface area (Å²) in [7, 11) is 3.08. The Morgan fingerprint density at radius 2 is 1.00 bits per heavy atom. The molecular weight excluding hydrogens is 1130 g/mol. The fraction of sp³-hybridized carbons (Fsp3) is 0.141. The second-order valence-corrected chi connectivity index (χ2v) is 20.1. The quantitative estimate of drug-likeness (QED) is 0.0231. The number of nitrogens with one attached hydrogen (secondary N) is 2. The van der Waals surface area contributed by atoms with Gasteiger partial charge in [0.05, 0.1) is 12.1 Å². The van der Waals surface area contributed by atoms with Crippen LogP contribution in [0.5, 0.6) is 46.0 Å². The Balaban J connectivity index is 0.000000163. The molecule has 0 aromatic heterocycles. The molecular formula is C64H48N4O19. The Labute approximate surface area is 492 Å². The smallest absolute Gasteiger partial charge is 0.346 e. The number of Topliss-reactive ketones (excluding diaryl/α,β-unsaturated/α-hetero) is 3. The predicted octanol–water partition coefficient (Wildman–Crippen LogP) is 8.74. The number of β-lactam (4-membered cyclic amide) rings is 4. The molecule has 4 N–H and O–H groups in total. The van der Waals surface area contributed by atoms with E-state index in [0.717, 1.165) is 49.5 Å². The lowest BCUT2D eigenvalue weighted by Crippen LogP contribution is -2.83. The molecule has 438 valence electrons. The summed E-state index contributed by atoms with van der Waals surface area (Å²) >= 11 is 0. The number of anilines is 3. The number of esters is 2. The zero-order valence-corrected chi connectivity index (χ0v) is 46.3. The van der Waals surface area contributed by atoms with Crippen molar-refractivity contribution in [2.24, 2.45) is 16.2 Å². The van der Waals surface area contributed by atoms with Gasteiger partial charge in [0, 0.05) is 48.4 Å². The van der Waals surface area contributed by atoms with Gasteiger partial charge in [0.2, 0.25) is 5.41 Å². The number of likely N-dealkylation sites (tertiary alicyclic amines) is 1. The Morgan fingerprint density at radius 3 is 1.41 bits per heavy atom. The monoisotopic (exact) mass is 1180 g/mol. The van der Waals surface area contributed by atoms with E-state index in [2.05, 4.69) is 20.3 Å². The van der Waals surface area contributed by atoms with Gasteiger partial charge in [-0.1, -0.05) is 66.2 Å². The Hall–Kier alpha value is -11.4. The number of aryl methyl sites for hydroxylation is 1. The number of carbonyl (C=O) groups is 11. The molecule has 8 aromatic rings. The van der Waals surface area contributed by atoms with Crippen molar-refractivity contribution in [2.45, 2.75) is 20.3 Å². The van der Waals surface area contributed by atoms with Crippen LogP contribution in [0.2, 0.25) is 0 Å². The molecule has 1 unspecified atom stereocenters. The Kier molecular flexibility index (Phi) is 15.7. The molecule has 3 saturated heterocycles. The largest absolute Gasteiger partial charge is 0.480 e. The van der Waals surface area contributed by atoms with Crippen LogP contribution in [0.15, 0.2) is 170 Å². The first-order valence-corrected chi connectivity index (χ1v) is 26.4. The van der Waals surface area contributed by atoms with Gasteiger partial charge in [0.25, 0.3) is 40.4 Å². The molecule has 0 bridgehead atoms. The van der Waals surface area contributed by atoms with Crippen LogP contribution in [0.25, 0.3) is 21.5 Å². The van der Waals surface area contributed by atoms with Gasteiger partial charge in [-0.05, 0) is 122 Å². The topological polar surface area (TPSA) is 314 Å². The average Bonchev–Trinajstić information content (AvgIpc) is 0.684. The van der Waals surface area contributed by atoms with E-state index in [9.17, 15) is 57.8 Å². The molecule has 0 radical (unpaired) electrons. The van der Waals surface area contributed by atoms with Crippen LogP contribution in [0.4, 0.5) is 17.1 Å². The van der Waals surface area contributed by atoms with Crippen molar-refractivity contribution in [3.8, 4) is 46.0 Å². The summed E-state index contributed by atoms with van der Waals surface area (Å²) in [6, 6.07) is 50.5. The number of carboxylic acids is 1. The normalized spacial score (nSPS) is 15.7. The molecule has 4 aliphatic rings. The molecule has 1 saturated carbocycles. The van der Waals surface area contributed by atoms with Gasteiger partial charge in [-0.25, -0.2) is 19.4 Å². The number of aliphatic carboxylic acids is 1. The van der Waals surface area contributed by atoms with E-state index in [0.29, 0.717) is 46.0 Å². The molecule has 5 amide bonds. The molecule has 4 fully saturated rings. The lowest BCUT2D eigenvalue weighted by atomic mass is 9.63. The Morgan fingerprint density at radius 1 is 0.563 bits per heavy atom. The lowest BCUT2D eigenvalue weighted by molar-refractivity contribution is -0.258. The number of fused-ring (bicyclic) bond motifs is 2. The van der Waals surface area contributed by atoms with Crippen molar-refractivity contribution < 1.29 is 91.7 Å². The maximum absolute atomic E-state index is 12.7. The number of cyclic esters (lactones) is 2. The number of carboxylic acid groups (broad SMARTS) is 1. The highest BCUT2D eigenvalue weighted by Gasteiger charge is 2.80. The number of ether oxygens (including phenoxy) is 5. The van der Waals surface area contributed by atoms with Gasteiger partial charge in [0.15, 0.2) is 17.3 Å². The van der Waals surface area contributed by atoms with E-state index in [4.69, 9.17) is 24.2 Å². The van der Waals surface area contributed by atoms with Gasteiger partial charge in [-0.2, -0.15) is 0 Å². The number of hydrogen-bond acceptors (Lipinski definition) is 19. The summed E-state index contributed by atoms with van der Waals surface area (Å²) in [5.41, 5.74) is -4.23. The van der Waals surface area contributed by atoms with E-state index in [1.807, 2.05) is 123 Å². The number of ketones is 3. The molecule has 3 heterocycles. The van der Waals surface area contributed by atoms with E-state index in [-0.39, 0.29) is 17.8 Å². The molecule has 8 aromatic carbocycles. The number of amides is 5. The summed E-state index contributed by atoms with van der Waals surface area (Å²) in [6.45, 7) is 1.91. The average molecular weight is 1180 g/mol. The molecule has 2 spiro atoms. The highest BCUT2D eigenvalue weighted by Crippen LogP contribution is 2.47. The van der Waals surface area contributed by atoms with Crippen LogP contribution >= 0.6 is 0 Å². The lowest BCUT2D eigenvalue weighted by Gasteiger charge is -2.51. The summed E-state index contributed by atoms with van der Waals surface area (Å²) in [6.07, 6.45) is -0.319. The zero-order valence-electron chi connectivity index (χ0n) is 46.3. The van der Waals surface area contributed by atoms with E-state index in [1.165, 1.54) is 31.3 Å². The second-order valence-electron chi connectivity index (χ2n) is 20.1. The molecule has 87 heavy (non-hydrogen) atoms. The highest BCUT2D eigenvalue weighted by molar-refractivity contribution is 6.59. The summed E-state index contributed by atoms with van der Waals surface area (Å²) in [4.78, 5) is 134. The maximum Gasteiger partial charge on any atom is 0.346 e. The minimum atomic E-state index is -2.60. The van der Waals surface area contributed by atoms with E-state index < -0.39 is 87.6 Å². The fourth-order valence-corrected chi connectivity index (χ4v) is 9.74. The minimum Gasteiger partial charge on any atom is -0.480 e. The van der Waals surface area contributed by atoms with Crippen LogP contribution in [0, 0.1) is 23.2 Å². The minimum absolute atomic E-state index is 0.213. The van der Waals surface area contributed by atoms with E-state index in [1.54, 1.807) is 36.4 Å². The number of carbonyl (C=O) groups excluding carboxylic acids is 10. The van der Waals surface area contributed by atoms with Crippen molar-refractivity contribution in [2.75, 3.05) is 36.2 Å². The van der Waals surface area contributed by atoms with Crippen LogP contribution < -0.4 is 34.5 Å². The molecule has 12 rings (SSSR count). The zero-order chi connectivity index (χ0) is 62.1. The van der Waals surface area contributed by atoms with Gasteiger partial charge in [0.1, 0.15) is 52.6 Å². The maximum atomic E-state index is 12.7. The van der Waals surface area contributed by atoms with Gasteiger partial charge < -0.3 is 39.4 Å². The third-order valence-corrected chi connectivity index (χ3v) is 14.8. The summed E-state index contributed by atoms with van der Waals surface area (Å²) in [5, 5.41) is 27.4. The number of imide groups is 2. The molecule has 1 aliphatic carbocycles. The highest BCUT2D eigenvalue weighted by atomic mass is 17.1. The first-order valence-electron chi connectivity index (χ1n) is 26.4. The predicted molar refractivity (Wildman–Crippen MR) is 307 cm³/mol. The van der Waals surface area contributed by atoms with Crippen molar-refractivity contribution in [1.82, 2.24) is 4.90 Å². The second kappa shape index (κ2) is 23.3. The standard InChI is InChI=1S/C29H26N2O8.C29H20N2O6.C6H2O5/c1-18(32)29(17-37-36,28(34)35)27(33)31-21-9-13-22(14-10-21)38-24-15-19-5-3-4-6-25(19)26(16-24)39-23-11-7-20(30-2)8-12-23;1-17-7-11-21(12-8-17)37-24-16-22(15-18-5-3-4-6-23(18)24)36-20-13-9-19(10-14-20)31-27(34)29(28(31)35)25(32)30(2)26(29)33;7-2-1-3(8)6(2)4(9)11-5(6)10/h3-16,30,36H,17H2,1-2H3,(H,31,33)(H,34,35);3-16H,1-2H3;1H2. The number of hydrogen-bond donors (Lipinski definition) is 4. The van der Waals surface area contributed by atoms with Gasteiger partial charge >= 0.3 is 17.9 Å². The molecule has 23 heteroatoms. The van der Waals surface area contributed by atoms with Crippen molar-refractivity contribution >= 4 is 103 Å². The van der Waals surface area contributed by atoms with Crippen LogP contribution in [0.3, 0.4) is 0 Å². The molecule has 23 nitrogen and oxygen atoms in total. The van der Waals surface area contributed by atoms with Crippen LogP contribution in [-0.4, -0.2) is 101 Å². The first-order chi connectivity index (χ1) is 41.7. The summed E-state index contributed by atoms with van der Waals surface area (Å²) < 4.78 is 28.3. The molecule has 1 atom stereocenters. The first kappa shape index (κ1) is 58.8. The Bertz CT molecular complexity index is 4090. The summed E-state index contributed by atoms with van der Waals surface area (Å²) in [5.74, 6) is -5.86. The van der Waals surface area contributed by atoms with Crippen molar-refractivity contribution in [3.63, 3.8) is 0 Å².